The van der Waals surface area contributed by atoms with Crippen molar-refractivity contribution in [1.29, 1.82) is 0 Å². The van der Waals surface area contributed by atoms with Crippen LogP contribution < -0.4 is 15.4 Å². The topological polar surface area (TPSA) is 51.1 Å². The van der Waals surface area contributed by atoms with Crippen molar-refractivity contribution >= 4 is 34.6 Å². The van der Waals surface area contributed by atoms with Crippen LogP contribution in [0.3, 0.4) is 0 Å². The second-order valence-corrected chi connectivity index (χ2v) is 5.81. The zero-order valence-corrected chi connectivity index (χ0v) is 14.9. The molecule has 1 aromatic carbocycles. The lowest BCUT2D eigenvalue weighted by molar-refractivity contribution is 0.340. The molecule has 1 aromatic heterocycles. The van der Waals surface area contributed by atoms with Gasteiger partial charge in [0.25, 0.3) is 0 Å². The first-order chi connectivity index (χ1) is 11.1. The minimum Gasteiger partial charge on any atom is -0.494 e. The molecule has 2 N–H and O–H groups in total. The van der Waals surface area contributed by atoms with Gasteiger partial charge in [0.15, 0.2) is 5.11 Å². The lowest BCUT2D eigenvalue weighted by Crippen LogP contribution is -2.29. The summed E-state index contributed by atoms with van der Waals surface area (Å²) in [7, 11) is 0. The molecule has 0 amide bonds. The number of aromatic nitrogens is 2. The number of hydrogen-bond acceptors (Lipinski definition) is 3. The van der Waals surface area contributed by atoms with Gasteiger partial charge in [-0.1, -0.05) is 11.6 Å². The Hall–Kier alpha value is -1.79. The highest BCUT2D eigenvalue weighted by molar-refractivity contribution is 7.80. The number of halogens is 1. The van der Waals surface area contributed by atoms with E-state index in [2.05, 4.69) is 15.7 Å². The highest BCUT2D eigenvalue weighted by atomic mass is 35.5. The van der Waals surface area contributed by atoms with Gasteiger partial charge in [0.05, 0.1) is 23.5 Å². The van der Waals surface area contributed by atoms with Crippen molar-refractivity contribution < 1.29 is 4.74 Å². The van der Waals surface area contributed by atoms with Crippen molar-refractivity contribution in [2.24, 2.45) is 0 Å². The largest absolute Gasteiger partial charge is 0.494 e. The van der Waals surface area contributed by atoms with Gasteiger partial charge in [-0.05, 0) is 56.8 Å². The van der Waals surface area contributed by atoms with Crippen molar-refractivity contribution in [3.05, 3.63) is 41.2 Å². The van der Waals surface area contributed by atoms with Gasteiger partial charge in [0, 0.05) is 18.8 Å². The Morgan fingerprint density at radius 2 is 2.09 bits per heavy atom. The van der Waals surface area contributed by atoms with Gasteiger partial charge in [0.2, 0.25) is 0 Å². The molecule has 5 nitrogen and oxygen atoms in total. The van der Waals surface area contributed by atoms with Crippen LogP contribution in [0.25, 0.3) is 0 Å². The zero-order chi connectivity index (χ0) is 16.7. The quantitative estimate of drug-likeness (QED) is 0.588. The van der Waals surface area contributed by atoms with Gasteiger partial charge in [-0.15, -0.1) is 0 Å². The summed E-state index contributed by atoms with van der Waals surface area (Å²) in [5, 5.41) is 11.8. The van der Waals surface area contributed by atoms with Crippen LogP contribution in [0.5, 0.6) is 5.75 Å². The van der Waals surface area contributed by atoms with Gasteiger partial charge in [0.1, 0.15) is 5.75 Å². The average Bonchev–Trinajstić information content (AvgIpc) is 2.86. The summed E-state index contributed by atoms with van der Waals surface area (Å²) in [5.74, 6) is 0.852. The normalized spacial score (nSPS) is 10.4. The minimum absolute atomic E-state index is 0.601. The van der Waals surface area contributed by atoms with Crippen LogP contribution in [0.2, 0.25) is 5.02 Å². The van der Waals surface area contributed by atoms with E-state index in [0.717, 1.165) is 36.6 Å². The van der Waals surface area contributed by atoms with Gasteiger partial charge in [-0.25, -0.2) is 0 Å². The van der Waals surface area contributed by atoms with E-state index in [1.807, 2.05) is 42.8 Å². The number of ether oxygens (including phenoxy) is 1. The molecule has 23 heavy (non-hydrogen) atoms. The van der Waals surface area contributed by atoms with Crippen molar-refractivity contribution in [1.82, 2.24) is 15.1 Å². The molecular weight excluding hydrogens is 332 g/mol. The molecule has 0 aliphatic heterocycles. The van der Waals surface area contributed by atoms with Crippen LogP contribution in [0.15, 0.2) is 30.5 Å². The lowest BCUT2D eigenvalue weighted by Gasteiger charge is -2.11. The van der Waals surface area contributed by atoms with E-state index in [4.69, 9.17) is 28.6 Å². The van der Waals surface area contributed by atoms with E-state index < -0.39 is 0 Å². The second kappa shape index (κ2) is 8.74. The summed E-state index contributed by atoms with van der Waals surface area (Å²) >= 11 is 11.3. The minimum atomic E-state index is 0.601. The molecule has 0 atom stereocenters. The average molecular weight is 353 g/mol. The van der Waals surface area contributed by atoms with E-state index in [-0.39, 0.29) is 0 Å². The lowest BCUT2D eigenvalue weighted by atomic mass is 10.3. The first kappa shape index (κ1) is 17.6. The Morgan fingerprint density at radius 1 is 1.35 bits per heavy atom. The summed E-state index contributed by atoms with van der Waals surface area (Å²) < 4.78 is 7.30. The fraction of sp³-hybridized carbons (Fsp3) is 0.375. The highest BCUT2D eigenvalue weighted by Crippen LogP contribution is 2.15. The summed E-state index contributed by atoms with van der Waals surface area (Å²) in [6.07, 6.45) is 2.58. The van der Waals surface area contributed by atoms with Crippen LogP contribution in [0.4, 0.5) is 5.69 Å². The molecule has 0 fully saturated rings. The van der Waals surface area contributed by atoms with E-state index >= 15 is 0 Å². The maximum Gasteiger partial charge on any atom is 0.170 e. The van der Waals surface area contributed by atoms with Crippen molar-refractivity contribution in [2.45, 2.75) is 26.8 Å². The molecule has 0 saturated carbocycles. The number of thiocarbonyl (C=S) groups is 1. The van der Waals surface area contributed by atoms with Gasteiger partial charge < -0.3 is 15.4 Å². The van der Waals surface area contributed by atoms with Crippen molar-refractivity contribution in [3.8, 4) is 5.75 Å². The first-order valence-corrected chi connectivity index (χ1v) is 8.34. The Kier molecular flexibility index (Phi) is 6.67. The molecule has 0 aliphatic rings. The Balaban J connectivity index is 1.69. The predicted molar refractivity (Wildman–Crippen MR) is 98.4 cm³/mol. The molecule has 0 spiro atoms. The van der Waals surface area contributed by atoms with Crippen LogP contribution in [0, 0.1) is 6.92 Å². The number of benzene rings is 1. The summed E-state index contributed by atoms with van der Waals surface area (Å²) in [6, 6.07) is 7.71. The number of aryl methyl sites for hydroxylation is 1. The molecule has 2 rings (SSSR count). The summed E-state index contributed by atoms with van der Waals surface area (Å²) in [4.78, 5) is 0. The Labute approximate surface area is 147 Å². The second-order valence-electron chi connectivity index (χ2n) is 4.99. The van der Waals surface area contributed by atoms with Gasteiger partial charge in [-0.3, -0.25) is 4.68 Å². The fourth-order valence-corrected chi connectivity index (χ4v) is 2.42. The zero-order valence-electron chi connectivity index (χ0n) is 13.3. The smallest absolute Gasteiger partial charge is 0.170 e. The highest BCUT2D eigenvalue weighted by Gasteiger charge is 2.03. The molecule has 0 radical (unpaired) electrons. The number of anilines is 1. The van der Waals surface area contributed by atoms with Crippen LogP contribution in [-0.4, -0.2) is 28.0 Å². The molecular formula is C16H21ClN4OS. The maximum atomic E-state index is 5.98. The predicted octanol–water partition coefficient (Wildman–Crippen LogP) is 3.62. The molecule has 0 bridgehead atoms. The molecule has 0 unspecified atom stereocenters. The van der Waals surface area contributed by atoms with E-state index in [9.17, 15) is 0 Å². The van der Waals surface area contributed by atoms with Gasteiger partial charge in [-0.2, -0.15) is 5.10 Å². The van der Waals surface area contributed by atoms with Crippen LogP contribution in [-0.2, 0) is 6.54 Å². The Morgan fingerprint density at radius 3 is 2.70 bits per heavy atom. The van der Waals surface area contributed by atoms with Crippen molar-refractivity contribution in [2.75, 3.05) is 18.5 Å². The third-order valence-electron chi connectivity index (χ3n) is 3.30. The van der Waals surface area contributed by atoms with Gasteiger partial charge >= 0.3 is 0 Å². The SMILES string of the molecule is CCOc1ccc(NC(=S)NCCCn2ncc(Cl)c2C)cc1. The Bertz CT molecular complexity index is 642. The number of hydrogen-bond donors (Lipinski definition) is 2. The monoisotopic (exact) mass is 352 g/mol. The molecule has 2 aromatic rings. The number of nitrogens with one attached hydrogen (secondary N) is 2. The standard InChI is InChI=1S/C16H21ClN4OS/c1-3-22-14-7-5-13(6-8-14)20-16(23)18-9-4-10-21-12(2)15(17)11-19-21/h5-8,11H,3-4,9-10H2,1-2H3,(H2,18,20,23). The molecule has 1 heterocycles. The third kappa shape index (κ3) is 5.41. The fourth-order valence-electron chi connectivity index (χ4n) is 2.06. The number of nitrogens with zero attached hydrogens (tertiary/aromatic N) is 2. The maximum absolute atomic E-state index is 5.98. The molecule has 0 saturated heterocycles. The van der Waals surface area contributed by atoms with Crippen LogP contribution >= 0.6 is 23.8 Å². The molecule has 0 aliphatic carbocycles. The van der Waals surface area contributed by atoms with E-state index in [1.165, 1.54) is 0 Å². The van der Waals surface area contributed by atoms with E-state index in [0.29, 0.717) is 16.7 Å². The molecule has 124 valence electrons. The van der Waals surface area contributed by atoms with Crippen LogP contribution in [0.1, 0.15) is 19.0 Å². The van der Waals surface area contributed by atoms with E-state index in [1.54, 1.807) is 6.20 Å². The number of rotatable bonds is 7. The first-order valence-electron chi connectivity index (χ1n) is 7.55. The summed E-state index contributed by atoms with van der Waals surface area (Å²) in [6.45, 7) is 6.15. The van der Waals surface area contributed by atoms with Crippen molar-refractivity contribution in [3.63, 3.8) is 0 Å². The molecule has 7 heteroatoms. The summed E-state index contributed by atoms with van der Waals surface area (Å²) in [5.41, 5.74) is 1.92. The third-order valence-corrected chi connectivity index (χ3v) is 3.92.